The normalized spacial score (nSPS) is 14.3. The van der Waals surface area contributed by atoms with E-state index in [0.29, 0.717) is 17.5 Å². The summed E-state index contributed by atoms with van der Waals surface area (Å²) < 4.78 is 6.64. The van der Waals surface area contributed by atoms with Crippen LogP contribution in [0, 0.1) is 5.92 Å². The average Bonchev–Trinajstić information content (AvgIpc) is 3.57. The Labute approximate surface area is 300 Å². The van der Waals surface area contributed by atoms with E-state index in [0.717, 1.165) is 72.5 Å². The molecule has 0 aliphatic heterocycles. The van der Waals surface area contributed by atoms with E-state index >= 15 is 0 Å². The van der Waals surface area contributed by atoms with Crippen molar-refractivity contribution in [2.45, 2.75) is 13.3 Å². The van der Waals surface area contributed by atoms with Crippen LogP contribution in [0.25, 0.3) is 88.5 Å². The number of aromatic nitrogens is 3. The molecule has 0 spiro atoms. The predicted octanol–water partition coefficient (Wildman–Crippen LogP) is 12.3. The van der Waals surface area contributed by atoms with Gasteiger partial charge < -0.3 is 4.42 Å². The third-order valence-corrected chi connectivity index (χ3v) is 10.1. The summed E-state index contributed by atoms with van der Waals surface area (Å²) in [5, 5.41) is 6.74. The van der Waals surface area contributed by atoms with Gasteiger partial charge in [0.2, 0.25) is 0 Å². The minimum atomic E-state index is 0.192. The summed E-state index contributed by atoms with van der Waals surface area (Å²) in [5.41, 5.74) is 15.8. The van der Waals surface area contributed by atoms with Gasteiger partial charge in [-0.3, -0.25) is 0 Å². The van der Waals surface area contributed by atoms with Gasteiger partial charge >= 0.3 is 0 Å². The van der Waals surface area contributed by atoms with Gasteiger partial charge in [-0.2, -0.15) is 0 Å². The summed E-state index contributed by atoms with van der Waals surface area (Å²) in [6.07, 6.45) is 0.729. The Bertz CT molecular complexity index is 2960. The van der Waals surface area contributed by atoms with Crippen LogP contribution >= 0.6 is 0 Å². The molecule has 1 aliphatic rings. The van der Waals surface area contributed by atoms with E-state index in [1.807, 2.05) is 36.4 Å². The molecular formula is C48H31N3O. The van der Waals surface area contributed by atoms with Crippen LogP contribution in [0.4, 0.5) is 0 Å². The van der Waals surface area contributed by atoms with Crippen molar-refractivity contribution in [3.8, 4) is 33.9 Å². The standard InChI is InChI=1S/C48H31N3O/c1-30-24-38(22-23-40(30)37-21-20-32-14-8-9-17-34(32)25-37)47-49-46(33-15-6-3-7-16-33)50-48(51-47)42-27-39(31-12-4-2-5-13-31)29-44-45(42)41-26-35-18-10-11-19-36(35)28-43(41)52-44/h2-21,25-30H,24H2,1H3. The Kier molecular flexibility index (Phi) is 7.04. The summed E-state index contributed by atoms with van der Waals surface area (Å²) in [7, 11) is 0. The Morgan fingerprint density at radius 3 is 1.88 bits per heavy atom. The molecule has 4 nitrogen and oxygen atoms in total. The van der Waals surface area contributed by atoms with Crippen molar-refractivity contribution in [2.24, 2.45) is 5.92 Å². The Hall–Kier alpha value is -6.83. The van der Waals surface area contributed by atoms with Crippen LogP contribution < -0.4 is 0 Å². The van der Waals surface area contributed by atoms with Gasteiger partial charge in [-0.1, -0.05) is 140 Å². The third kappa shape index (κ3) is 5.23. The zero-order valence-electron chi connectivity index (χ0n) is 28.5. The number of nitrogens with zero attached hydrogens (tertiary/aromatic N) is 3. The molecule has 4 heteroatoms. The maximum Gasteiger partial charge on any atom is 0.168 e. The molecule has 2 heterocycles. The lowest BCUT2D eigenvalue weighted by Crippen LogP contribution is -2.07. The van der Waals surface area contributed by atoms with Gasteiger partial charge in [-0.05, 0) is 80.9 Å². The summed E-state index contributed by atoms with van der Waals surface area (Å²) in [4.78, 5) is 15.5. The maximum absolute atomic E-state index is 6.64. The fourth-order valence-electron chi connectivity index (χ4n) is 7.50. The highest BCUT2D eigenvalue weighted by Gasteiger charge is 2.23. The lowest BCUT2D eigenvalue weighted by Gasteiger charge is -2.18. The number of fused-ring (bicyclic) bond motifs is 5. The van der Waals surface area contributed by atoms with Crippen LogP contribution in [0.1, 0.15) is 24.7 Å². The molecule has 9 aromatic rings. The second kappa shape index (κ2) is 12.2. The monoisotopic (exact) mass is 665 g/mol. The summed E-state index contributed by atoms with van der Waals surface area (Å²) in [5.74, 6) is 2.01. The average molecular weight is 666 g/mol. The SMILES string of the molecule is CC1CC(c2nc(-c3ccccc3)nc(-c3cc(-c4ccccc4)cc4oc5cc6ccccc6cc5c34)n2)=C=C=C1c1ccc2ccccc2c1. The molecule has 0 bridgehead atoms. The molecular weight excluding hydrogens is 635 g/mol. The zero-order chi connectivity index (χ0) is 34.6. The van der Waals surface area contributed by atoms with Crippen molar-refractivity contribution in [2.75, 3.05) is 0 Å². The molecule has 52 heavy (non-hydrogen) atoms. The van der Waals surface area contributed by atoms with E-state index in [2.05, 4.69) is 134 Å². The smallest absolute Gasteiger partial charge is 0.168 e. The Morgan fingerprint density at radius 2 is 1.13 bits per heavy atom. The van der Waals surface area contributed by atoms with Crippen LogP contribution in [-0.2, 0) is 0 Å². The van der Waals surface area contributed by atoms with E-state index in [-0.39, 0.29) is 5.92 Å². The van der Waals surface area contributed by atoms with Gasteiger partial charge in [-0.25, -0.2) is 15.0 Å². The second-order valence-corrected chi connectivity index (χ2v) is 13.5. The lowest BCUT2D eigenvalue weighted by molar-refractivity contribution is 0.669. The van der Waals surface area contributed by atoms with Crippen molar-refractivity contribution in [3.63, 3.8) is 0 Å². The highest BCUT2D eigenvalue weighted by Crippen LogP contribution is 2.41. The Morgan fingerprint density at radius 1 is 0.500 bits per heavy atom. The quantitative estimate of drug-likeness (QED) is 0.172. The first kappa shape index (κ1) is 30.0. The first-order chi connectivity index (χ1) is 25.6. The predicted molar refractivity (Wildman–Crippen MR) is 212 cm³/mol. The van der Waals surface area contributed by atoms with E-state index in [9.17, 15) is 0 Å². The van der Waals surface area contributed by atoms with Crippen molar-refractivity contribution in [3.05, 3.63) is 175 Å². The third-order valence-electron chi connectivity index (χ3n) is 10.1. The lowest BCUT2D eigenvalue weighted by atomic mass is 9.86. The van der Waals surface area contributed by atoms with Gasteiger partial charge in [0.1, 0.15) is 11.2 Å². The van der Waals surface area contributed by atoms with Crippen molar-refractivity contribution < 1.29 is 4.42 Å². The van der Waals surface area contributed by atoms with Crippen LogP contribution in [0.2, 0.25) is 0 Å². The van der Waals surface area contributed by atoms with Gasteiger partial charge in [0, 0.05) is 33.0 Å². The van der Waals surface area contributed by atoms with Gasteiger partial charge in [-0.15, -0.1) is 0 Å². The van der Waals surface area contributed by atoms with E-state index in [4.69, 9.17) is 19.4 Å². The minimum Gasteiger partial charge on any atom is -0.456 e. The number of hydrogen-bond acceptors (Lipinski definition) is 4. The molecule has 1 atom stereocenters. The fourth-order valence-corrected chi connectivity index (χ4v) is 7.50. The fraction of sp³-hybridized carbons (Fsp3) is 0.0625. The van der Waals surface area contributed by atoms with Crippen molar-refractivity contribution in [1.29, 1.82) is 0 Å². The topological polar surface area (TPSA) is 51.8 Å². The molecule has 0 amide bonds. The highest BCUT2D eigenvalue weighted by molar-refractivity contribution is 6.16. The van der Waals surface area contributed by atoms with Crippen LogP contribution in [0.5, 0.6) is 0 Å². The molecule has 7 aromatic carbocycles. The largest absolute Gasteiger partial charge is 0.456 e. The van der Waals surface area contributed by atoms with Crippen molar-refractivity contribution in [1.82, 2.24) is 15.0 Å². The number of allylic oxidation sites excluding steroid dienone is 2. The van der Waals surface area contributed by atoms with E-state index in [1.54, 1.807) is 0 Å². The molecule has 244 valence electrons. The summed E-state index contributed by atoms with van der Waals surface area (Å²) >= 11 is 0. The second-order valence-electron chi connectivity index (χ2n) is 13.5. The highest BCUT2D eigenvalue weighted by atomic mass is 16.3. The zero-order valence-corrected chi connectivity index (χ0v) is 28.5. The van der Waals surface area contributed by atoms with Crippen LogP contribution in [-0.4, -0.2) is 15.0 Å². The Balaban J connectivity index is 1.22. The molecule has 0 fully saturated rings. The number of rotatable bonds is 5. The molecule has 0 saturated carbocycles. The number of hydrogen-bond donors (Lipinski definition) is 0. The van der Waals surface area contributed by atoms with Gasteiger partial charge in [0.05, 0.1) is 0 Å². The van der Waals surface area contributed by atoms with Gasteiger partial charge in [0.25, 0.3) is 0 Å². The molecule has 10 rings (SSSR count). The van der Waals surface area contributed by atoms with Crippen LogP contribution in [0.15, 0.2) is 168 Å². The number of benzene rings is 7. The van der Waals surface area contributed by atoms with Crippen LogP contribution in [0.3, 0.4) is 0 Å². The molecule has 1 unspecified atom stereocenters. The molecule has 1 aliphatic carbocycles. The molecule has 2 aromatic heterocycles. The first-order valence-corrected chi connectivity index (χ1v) is 17.7. The number of furan rings is 1. The first-order valence-electron chi connectivity index (χ1n) is 17.7. The van der Waals surface area contributed by atoms with E-state index in [1.165, 1.54) is 16.3 Å². The van der Waals surface area contributed by atoms with Crippen molar-refractivity contribution >= 4 is 54.6 Å². The molecule has 0 radical (unpaired) electrons. The van der Waals surface area contributed by atoms with E-state index < -0.39 is 0 Å². The minimum absolute atomic E-state index is 0.192. The molecule has 0 saturated heterocycles. The maximum atomic E-state index is 6.64. The summed E-state index contributed by atoms with van der Waals surface area (Å²) in [6, 6.07) is 52.7. The molecule has 0 N–H and O–H groups in total. The summed E-state index contributed by atoms with van der Waals surface area (Å²) in [6.45, 7) is 2.24. The van der Waals surface area contributed by atoms with Gasteiger partial charge in [0.15, 0.2) is 17.5 Å².